The van der Waals surface area contributed by atoms with Crippen molar-refractivity contribution in [2.75, 3.05) is 19.6 Å². The van der Waals surface area contributed by atoms with Gasteiger partial charge in [-0.1, -0.05) is 44.8 Å². The third-order valence-corrected chi connectivity index (χ3v) is 2.99. The van der Waals surface area contributed by atoms with Crippen LogP contribution in [0.3, 0.4) is 0 Å². The summed E-state index contributed by atoms with van der Waals surface area (Å²) in [5, 5.41) is 0. The summed E-state index contributed by atoms with van der Waals surface area (Å²) in [7, 11) is 0. The van der Waals surface area contributed by atoms with E-state index in [2.05, 4.69) is 24.8 Å². The maximum absolute atomic E-state index is 2.60. The van der Waals surface area contributed by atoms with Crippen molar-refractivity contribution in [2.24, 2.45) is 0 Å². The molecule has 1 heterocycles. The largest absolute Gasteiger partial charge is 0.299 e. The molecule has 1 saturated heterocycles. The van der Waals surface area contributed by atoms with Crippen molar-refractivity contribution in [2.45, 2.75) is 52.4 Å². The first kappa shape index (κ1) is 11.8. The lowest BCUT2D eigenvalue weighted by atomic mass is 10.1. The quantitative estimate of drug-likeness (QED) is 0.462. The van der Waals surface area contributed by atoms with E-state index in [-0.39, 0.29) is 0 Å². The molecule has 0 saturated carbocycles. The first-order valence-electron chi connectivity index (χ1n) is 6.27. The van der Waals surface area contributed by atoms with Gasteiger partial charge in [0.2, 0.25) is 0 Å². The molecule has 0 aliphatic carbocycles. The molecule has 0 unspecified atom stereocenters. The van der Waals surface area contributed by atoms with E-state index in [4.69, 9.17) is 0 Å². The van der Waals surface area contributed by atoms with E-state index in [9.17, 15) is 0 Å². The third-order valence-electron chi connectivity index (χ3n) is 2.99. The number of unbranched alkanes of at least 4 members (excludes halogenated alkanes) is 3. The van der Waals surface area contributed by atoms with E-state index in [1.54, 1.807) is 5.57 Å². The van der Waals surface area contributed by atoms with Crippen molar-refractivity contribution in [1.82, 2.24) is 4.90 Å². The second-order valence-electron chi connectivity index (χ2n) is 4.38. The van der Waals surface area contributed by atoms with Gasteiger partial charge in [0.25, 0.3) is 0 Å². The Morgan fingerprint density at radius 1 is 1.21 bits per heavy atom. The first-order valence-corrected chi connectivity index (χ1v) is 6.27. The number of hydrogen-bond donors (Lipinski definition) is 0. The molecule has 1 heteroatoms. The molecule has 1 rings (SSSR count). The summed E-state index contributed by atoms with van der Waals surface area (Å²) < 4.78 is 0. The monoisotopic (exact) mass is 195 g/mol. The van der Waals surface area contributed by atoms with Crippen LogP contribution in [0.5, 0.6) is 0 Å². The lowest BCUT2D eigenvalue weighted by Gasteiger charge is -2.12. The van der Waals surface area contributed by atoms with Crippen molar-refractivity contribution in [3.63, 3.8) is 0 Å². The molecule has 0 N–H and O–H groups in total. The summed E-state index contributed by atoms with van der Waals surface area (Å²) >= 11 is 0. The molecule has 0 atom stereocenters. The number of allylic oxidation sites excluding steroid dienone is 1. The fraction of sp³-hybridized carbons (Fsp3) is 0.846. The molecule has 1 nitrogen and oxygen atoms in total. The minimum atomic E-state index is 1.25. The zero-order valence-corrected chi connectivity index (χ0v) is 9.89. The van der Waals surface area contributed by atoms with Crippen molar-refractivity contribution in [3.8, 4) is 0 Å². The lowest BCUT2D eigenvalue weighted by molar-refractivity contribution is 0.338. The van der Waals surface area contributed by atoms with Crippen molar-refractivity contribution in [3.05, 3.63) is 11.6 Å². The van der Waals surface area contributed by atoms with Crippen LogP contribution in [0.25, 0.3) is 0 Å². The van der Waals surface area contributed by atoms with Gasteiger partial charge >= 0.3 is 0 Å². The second kappa shape index (κ2) is 7.05. The minimum Gasteiger partial charge on any atom is -0.299 e. The highest BCUT2D eigenvalue weighted by atomic mass is 15.1. The second-order valence-corrected chi connectivity index (χ2v) is 4.38. The van der Waals surface area contributed by atoms with E-state index in [1.165, 1.54) is 58.2 Å². The average molecular weight is 195 g/mol. The molecule has 0 aromatic carbocycles. The number of nitrogens with zero attached hydrogens (tertiary/aromatic N) is 1. The predicted molar refractivity (Wildman–Crippen MR) is 63.6 cm³/mol. The number of hydrogen-bond acceptors (Lipinski definition) is 1. The average Bonchev–Trinajstić information content (AvgIpc) is 2.63. The molecular formula is C13H25N. The molecule has 1 aliphatic heterocycles. The van der Waals surface area contributed by atoms with Crippen LogP contribution in [0.2, 0.25) is 0 Å². The Hall–Kier alpha value is -0.300. The van der Waals surface area contributed by atoms with E-state index in [0.717, 1.165) is 0 Å². The Bertz CT molecular complexity index is 172. The van der Waals surface area contributed by atoms with Crippen LogP contribution in [0.15, 0.2) is 11.6 Å². The Kier molecular flexibility index (Phi) is 5.93. The summed E-state index contributed by atoms with van der Waals surface area (Å²) in [6.07, 6.45) is 10.5. The van der Waals surface area contributed by atoms with Gasteiger partial charge in [-0.25, -0.2) is 0 Å². The standard InChI is InChI=1S/C13H25N/c1-3-5-7-8-13-9-11-14(12-13)10-6-4-2/h8H,3-7,9-12H2,1-2H3/b13-8+. The van der Waals surface area contributed by atoms with Gasteiger partial charge in [0.1, 0.15) is 0 Å². The zero-order valence-electron chi connectivity index (χ0n) is 9.89. The molecule has 0 radical (unpaired) electrons. The Morgan fingerprint density at radius 2 is 2.00 bits per heavy atom. The van der Waals surface area contributed by atoms with Crippen molar-refractivity contribution < 1.29 is 0 Å². The summed E-state index contributed by atoms with van der Waals surface area (Å²) in [4.78, 5) is 2.60. The van der Waals surface area contributed by atoms with Gasteiger partial charge in [-0.15, -0.1) is 0 Å². The molecule has 0 bridgehead atoms. The van der Waals surface area contributed by atoms with Gasteiger partial charge < -0.3 is 0 Å². The smallest absolute Gasteiger partial charge is 0.0193 e. The fourth-order valence-corrected chi connectivity index (χ4v) is 2.00. The summed E-state index contributed by atoms with van der Waals surface area (Å²) in [5.41, 5.74) is 1.69. The van der Waals surface area contributed by atoms with Crippen LogP contribution in [0, 0.1) is 0 Å². The van der Waals surface area contributed by atoms with Crippen LogP contribution in [-0.2, 0) is 0 Å². The van der Waals surface area contributed by atoms with Crippen LogP contribution < -0.4 is 0 Å². The molecule has 0 amide bonds. The maximum Gasteiger partial charge on any atom is 0.0193 e. The van der Waals surface area contributed by atoms with Crippen LogP contribution in [0.4, 0.5) is 0 Å². The summed E-state index contributed by atoms with van der Waals surface area (Å²) in [6, 6.07) is 0. The molecular weight excluding hydrogens is 170 g/mol. The van der Waals surface area contributed by atoms with Crippen LogP contribution in [-0.4, -0.2) is 24.5 Å². The highest BCUT2D eigenvalue weighted by Gasteiger charge is 2.14. The predicted octanol–water partition coefficient (Wildman–Crippen LogP) is 3.61. The van der Waals surface area contributed by atoms with Gasteiger partial charge in [0, 0.05) is 13.1 Å². The number of likely N-dealkylation sites (tertiary alicyclic amines) is 1. The van der Waals surface area contributed by atoms with E-state index in [0.29, 0.717) is 0 Å². The molecule has 82 valence electrons. The maximum atomic E-state index is 2.60. The van der Waals surface area contributed by atoms with Gasteiger partial charge in [-0.05, 0) is 25.8 Å². The van der Waals surface area contributed by atoms with Crippen LogP contribution in [0.1, 0.15) is 52.4 Å². The molecule has 1 fully saturated rings. The fourth-order valence-electron chi connectivity index (χ4n) is 2.00. The van der Waals surface area contributed by atoms with E-state index >= 15 is 0 Å². The van der Waals surface area contributed by atoms with E-state index in [1.807, 2.05) is 0 Å². The first-order chi connectivity index (χ1) is 6.86. The Morgan fingerprint density at radius 3 is 2.71 bits per heavy atom. The molecule has 0 aromatic rings. The summed E-state index contributed by atoms with van der Waals surface area (Å²) in [5.74, 6) is 0. The van der Waals surface area contributed by atoms with Gasteiger partial charge in [0.05, 0.1) is 0 Å². The van der Waals surface area contributed by atoms with Gasteiger partial charge in [-0.2, -0.15) is 0 Å². The minimum absolute atomic E-state index is 1.25. The zero-order chi connectivity index (χ0) is 10.2. The normalized spacial score (nSPS) is 20.9. The highest BCUT2D eigenvalue weighted by Crippen LogP contribution is 2.16. The Balaban J connectivity index is 2.16. The number of rotatable bonds is 6. The van der Waals surface area contributed by atoms with Gasteiger partial charge in [-0.3, -0.25) is 4.90 Å². The molecule has 14 heavy (non-hydrogen) atoms. The van der Waals surface area contributed by atoms with Crippen molar-refractivity contribution >= 4 is 0 Å². The van der Waals surface area contributed by atoms with E-state index < -0.39 is 0 Å². The Labute approximate surface area is 89.2 Å². The van der Waals surface area contributed by atoms with Crippen molar-refractivity contribution in [1.29, 1.82) is 0 Å². The summed E-state index contributed by atoms with van der Waals surface area (Å²) in [6.45, 7) is 8.40. The van der Waals surface area contributed by atoms with Gasteiger partial charge in [0.15, 0.2) is 0 Å². The third kappa shape index (κ3) is 4.28. The molecule has 0 aromatic heterocycles. The highest BCUT2D eigenvalue weighted by molar-refractivity contribution is 5.09. The molecule has 0 spiro atoms. The molecule has 1 aliphatic rings. The van der Waals surface area contributed by atoms with Crippen LogP contribution >= 0.6 is 0 Å². The lowest BCUT2D eigenvalue weighted by Crippen LogP contribution is -2.20. The SMILES string of the molecule is CCCC/C=C1\CCN(CCCC)C1. The topological polar surface area (TPSA) is 3.24 Å².